The van der Waals surface area contributed by atoms with E-state index in [0.717, 1.165) is 0 Å². The first-order chi connectivity index (χ1) is 16.2. The van der Waals surface area contributed by atoms with E-state index in [1.54, 1.807) is 0 Å². The van der Waals surface area contributed by atoms with Crippen molar-refractivity contribution in [1.82, 2.24) is 0 Å². The van der Waals surface area contributed by atoms with E-state index in [0.29, 0.717) is 0 Å². The third-order valence-corrected chi connectivity index (χ3v) is 7.94. The third-order valence-electron chi connectivity index (χ3n) is 7.94. The van der Waals surface area contributed by atoms with Crippen LogP contribution < -0.4 is 0 Å². The normalized spacial score (nSPS) is 12.0. The van der Waals surface area contributed by atoms with Gasteiger partial charge in [0.25, 0.3) is 0 Å². The highest BCUT2D eigenvalue weighted by molar-refractivity contribution is 4.54. The lowest BCUT2D eigenvalue weighted by molar-refractivity contribution is -0.929. The lowest BCUT2D eigenvalue weighted by Crippen LogP contribution is -2.50. The maximum absolute atomic E-state index is 2.35. The summed E-state index contributed by atoms with van der Waals surface area (Å²) in [5.41, 5.74) is 0. The van der Waals surface area contributed by atoms with Crippen molar-refractivity contribution in [3.8, 4) is 0 Å². The second kappa shape index (κ2) is 26.6. The summed E-state index contributed by atoms with van der Waals surface area (Å²) in [4.78, 5) is 0. The van der Waals surface area contributed by atoms with Gasteiger partial charge < -0.3 is 4.48 Å². The molecular weight excluding hydrogens is 398 g/mol. The summed E-state index contributed by atoms with van der Waals surface area (Å²) in [5, 5.41) is 0. The Kier molecular flexibility index (Phi) is 26.5. The minimum absolute atomic E-state index is 1.37. The van der Waals surface area contributed by atoms with Crippen molar-refractivity contribution in [2.45, 2.75) is 182 Å². The van der Waals surface area contributed by atoms with Crippen molar-refractivity contribution in [3.05, 3.63) is 0 Å². The van der Waals surface area contributed by atoms with Gasteiger partial charge in [-0.2, -0.15) is 0 Å². The summed E-state index contributed by atoms with van der Waals surface area (Å²) >= 11 is 0. The van der Waals surface area contributed by atoms with Crippen LogP contribution in [0.3, 0.4) is 0 Å². The largest absolute Gasteiger partial charge is 0.324 e. The predicted octanol–water partition coefficient (Wildman–Crippen LogP) is 11.2. The Balaban J connectivity index is 4.34. The molecule has 0 atom stereocenters. The quantitative estimate of drug-likeness (QED) is 0.0794. The molecule has 0 aliphatic heterocycles. The first-order valence-corrected chi connectivity index (χ1v) is 16.1. The summed E-state index contributed by atoms with van der Waals surface area (Å²) in [5.74, 6) is 0. The summed E-state index contributed by atoms with van der Waals surface area (Å²) in [6.07, 6.45) is 34.8. The molecule has 0 fully saturated rings. The number of unbranched alkanes of at least 4 members (excludes halogenated alkanes) is 20. The Morgan fingerprint density at radius 1 is 0.242 bits per heavy atom. The number of hydrogen-bond donors (Lipinski definition) is 0. The monoisotopic (exact) mass is 467 g/mol. The van der Waals surface area contributed by atoms with Gasteiger partial charge in [-0.3, -0.25) is 0 Å². The fraction of sp³-hybridized carbons (Fsp3) is 1.00. The van der Waals surface area contributed by atoms with E-state index in [-0.39, 0.29) is 0 Å². The zero-order chi connectivity index (χ0) is 24.3. The zero-order valence-electron chi connectivity index (χ0n) is 24.2. The minimum atomic E-state index is 1.37. The Hall–Kier alpha value is -0.0400. The zero-order valence-corrected chi connectivity index (χ0v) is 24.2. The molecule has 0 saturated heterocycles. The molecule has 0 N–H and O–H groups in total. The maximum atomic E-state index is 2.35. The van der Waals surface area contributed by atoms with Crippen LogP contribution in [-0.2, 0) is 0 Å². The van der Waals surface area contributed by atoms with E-state index >= 15 is 0 Å². The molecule has 0 unspecified atom stereocenters. The summed E-state index contributed by atoms with van der Waals surface area (Å²) in [6.45, 7) is 15.2. The molecule has 0 amide bonds. The van der Waals surface area contributed by atoms with Gasteiger partial charge in [-0.15, -0.1) is 0 Å². The van der Waals surface area contributed by atoms with Gasteiger partial charge in [-0.25, -0.2) is 0 Å². The van der Waals surface area contributed by atoms with Crippen LogP contribution in [0.4, 0.5) is 0 Å². The molecule has 0 aromatic heterocycles. The van der Waals surface area contributed by atoms with Gasteiger partial charge in [0.1, 0.15) is 0 Å². The molecule has 0 aromatic carbocycles. The first kappa shape index (κ1) is 33.0. The van der Waals surface area contributed by atoms with Crippen LogP contribution in [0.25, 0.3) is 0 Å². The van der Waals surface area contributed by atoms with Crippen molar-refractivity contribution in [2.75, 3.05) is 26.2 Å². The predicted molar refractivity (Wildman–Crippen MR) is 153 cm³/mol. The van der Waals surface area contributed by atoms with E-state index in [1.165, 1.54) is 185 Å². The van der Waals surface area contributed by atoms with Crippen LogP contribution >= 0.6 is 0 Å². The Morgan fingerprint density at radius 3 is 0.667 bits per heavy atom. The Morgan fingerprint density at radius 2 is 0.424 bits per heavy atom. The highest BCUT2D eigenvalue weighted by Gasteiger charge is 2.25. The van der Waals surface area contributed by atoms with Crippen LogP contribution in [-0.4, -0.2) is 30.7 Å². The molecule has 0 saturated carbocycles. The van der Waals surface area contributed by atoms with Gasteiger partial charge in [0.15, 0.2) is 0 Å². The number of rotatable bonds is 28. The highest BCUT2D eigenvalue weighted by atomic mass is 15.3. The van der Waals surface area contributed by atoms with Gasteiger partial charge in [-0.1, -0.05) is 130 Å². The molecule has 200 valence electrons. The van der Waals surface area contributed by atoms with Crippen molar-refractivity contribution < 1.29 is 4.48 Å². The van der Waals surface area contributed by atoms with Gasteiger partial charge in [0, 0.05) is 0 Å². The number of hydrogen-bond acceptors (Lipinski definition) is 0. The molecule has 0 aliphatic carbocycles. The second-order valence-corrected chi connectivity index (χ2v) is 11.3. The van der Waals surface area contributed by atoms with Crippen molar-refractivity contribution in [1.29, 1.82) is 0 Å². The summed E-state index contributed by atoms with van der Waals surface area (Å²) in [7, 11) is 0. The fourth-order valence-corrected chi connectivity index (χ4v) is 5.58. The SMILES string of the molecule is CCCCCCCCCCCCCC[N+](CCCCCC)(CCCCCC)CCCCCC. The first-order valence-electron chi connectivity index (χ1n) is 16.1. The van der Waals surface area contributed by atoms with E-state index in [2.05, 4.69) is 27.7 Å². The van der Waals surface area contributed by atoms with Crippen LogP contribution in [0.2, 0.25) is 0 Å². The Bertz CT molecular complexity index is 319. The van der Waals surface area contributed by atoms with Crippen molar-refractivity contribution >= 4 is 0 Å². The fourth-order valence-electron chi connectivity index (χ4n) is 5.58. The van der Waals surface area contributed by atoms with Crippen LogP contribution in [0, 0.1) is 0 Å². The van der Waals surface area contributed by atoms with Crippen LogP contribution in [0.15, 0.2) is 0 Å². The van der Waals surface area contributed by atoms with Gasteiger partial charge in [0.2, 0.25) is 0 Å². The molecule has 0 aliphatic rings. The summed E-state index contributed by atoms with van der Waals surface area (Å²) in [6, 6.07) is 0. The van der Waals surface area contributed by atoms with E-state index in [1.807, 2.05) is 0 Å². The standard InChI is InChI=1S/C32H68N/c1-5-9-13-17-18-19-20-21-22-23-24-28-32-33(29-25-14-10-6-2,30-26-15-11-7-3)31-27-16-12-8-4/h5-32H2,1-4H3/q+1. The van der Waals surface area contributed by atoms with Crippen LogP contribution in [0.1, 0.15) is 182 Å². The number of quaternary nitrogens is 1. The molecule has 0 heterocycles. The lowest BCUT2D eigenvalue weighted by Gasteiger charge is -2.39. The van der Waals surface area contributed by atoms with Crippen molar-refractivity contribution in [2.24, 2.45) is 0 Å². The van der Waals surface area contributed by atoms with Crippen LogP contribution in [0.5, 0.6) is 0 Å². The number of nitrogens with zero attached hydrogens (tertiary/aromatic N) is 1. The summed E-state index contributed by atoms with van der Waals surface area (Å²) < 4.78 is 1.47. The average Bonchev–Trinajstić information content (AvgIpc) is 2.83. The van der Waals surface area contributed by atoms with Gasteiger partial charge >= 0.3 is 0 Å². The molecular formula is C32H68N+. The molecule has 0 spiro atoms. The molecule has 0 bridgehead atoms. The average molecular weight is 467 g/mol. The molecule has 0 radical (unpaired) electrons. The van der Waals surface area contributed by atoms with E-state index < -0.39 is 0 Å². The molecule has 1 heteroatoms. The van der Waals surface area contributed by atoms with E-state index in [9.17, 15) is 0 Å². The van der Waals surface area contributed by atoms with E-state index in [4.69, 9.17) is 0 Å². The maximum Gasteiger partial charge on any atom is 0.0786 e. The second-order valence-electron chi connectivity index (χ2n) is 11.3. The van der Waals surface area contributed by atoms with Crippen molar-refractivity contribution in [3.63, 3.8) is 0 Å². The molecule has 33 heavy (non-hydrogen) atoms. The molecule has 1 nitrogen and oxygen atoms in total. The van der Waals surface area contributed by atoms with Gasteiger partial charge in [-0.05, 0) is 51.4 Å². The minimum Gasteiger partial charge on any atom is -0.324 e. The smallest absolute Gasteiger partial charge is 0.0786 e. The Labute approximate surface area is 212 Å². The molecule has 0 rings (SSSR count). The third kappa shape index (κ3) is 22.2. The molecule has 0 aromatic rings. The van der Waals surface area contributed by atoms with Gasteiger partial charge in [0.05, 0.1) is 26.2 Å². The topological polar surface area (TPSA) is 0 Å². The highest BCUT2D eigenvalue weighted by Crippen LogP contribution is 2.20. The lowest BCUT2D eigenvalue weighted by atomic mass is 10.0.